The molecule has 1 aromatic heterocycles. The van der Waals surface area contributed by atoms with Gasteiger partial charge in [-0.1, -0.05) is 11.6 Å². The summed E-state index contributed by atoms with van der Waals surface area (Å²) >= 11 is 6.06. The fourth-order valence-corrected chi connectivity index (χ4v) is 5.16. The Kier molecular flexibility index (Phi) is 3.90. The normalized spacial score (nSPS) is 15.0. The lowest BCUT2D eigenvalue weighted by molar-refractivity contribution is -0.137. The molecule has 0 amide bonds. The monoisotopic (exact) mass is 405 g/mol. The van der Waals surface area contributed by atoms with Gasteiger partial charge in [0.25, 0.3) is 0 Å². The SMILES string of the molecule is Cc1c(C2=CS(=O)(=O)c3ccc(Cl)cc32)c2cc(F)ccc2n1CC(=O)O. The molecule has 1 N–H and O–H groups in total. The number of carboxylic acid groups (broad SMARTS) is 1. The number of benzene rings is 2. The molecule has 1 aliphatic rings. The van der Waals surface area contributed by atoms with Crippen LogP contribution in [0.4, 0.5) is 4.39 Å². The largest absolute Gasteiger partial charge is 0.480 e. The van der Waals surface area contributed by atoms with Crippen LogP contribution in [0.15, 0.2) is 46.7 Å². The van der Waals surface area contributed by atoms with E-state index in [1.54, 1.807) is 13.0 Å². The Labute approximate surface area is 159 Å². The molecule has 138 valence electrons. The van der Waals surface area contributed by atoms with Gasteiger partial charge in [0.05, 0.1) is 4.90 Å². The Balaban J connectivity index is 2.09. The average molecular weight is 406 g/mol. The number of aromatic nitrogens is 1. The van der Waals surface area contributed by atoms with E-state index in [-0.39, 0.29) is 11.4 Å². The summed E-state index contributed by atoms with van der Waals surface area (Å²) in [6, 6.07) is 8.50. The van der Waals surface area contributed by atoms with Gasteiger partial charge in [0.1, 0.15) is 12.4 Å². The number of hydrogen-bond acceptors (Lipinski definition) is 3. The van der Waals surface area contributed by atoms with E-state index in [1.807, 2.05) is 0 Å². The van der Waals surface area contributed by atoms with E-state index in [0.717, 1.165) is 5.41 Å². The summed E-state index contributed by atoms with van der Waals surface area (Å²) in [7, 11) is -3.67. The molecule has 4 rings (SSSR count). The molecule has 0 radical (unpaired) electrons. The van der Waals surface area contributed by atoms with Crippen LogP contribution in [-0.2, 0) is 21.2 Å². The second-order valence-electron chi connectivity index (χ2n) is 6.32. The van der Waals surface area contributed by atoms with Gasteiger partial charge < -0.3 is 9.67 Å². The maximum absolute atomic E-state index is 13.9. The first kappa shape index (κ1) is 17.8. The summed E-state index contributed by atoms with van der Waals surface area (Å²) in [5.74, 6) is -1.55. The molecule has 8 heteroatoms. The summed E-state index contributed by atoms with van der Waals surface area (Å²) in [4.78, 5) is 11.4. The molecule has 0 unspecified atom stereocenters. The summed E-state index contributed by atoms with van der Waals surface area (Å²) in [5, 5.41) is 11.2. The lowest BCUT2D eigenvalue weighted by atomic mass is 9.97. The number of sulfone groups is 1. The predicted octanol–water partition coefficient (Wildman–Crippen LogP) is 4.00. The highest BCUT2D eigenvalue weighted by Crippen LogP contribution is 2.43. The fourth-order valence-electron chi connectivity index (χ4n) is 3.57. The first-order valence-electron chi connectivity index (χ1n) is 7.96. The van der Waals surface area contributed by atoms with E-state index in [4.69, 9.17) is 11.6 Å². The second kappa shape index (κ2) is 5.94. The van der Waals surface area contributed by atoms with Gasteiger partial charge in [0.2, 0.25) is 9.84 Å². The lowest BCUT2D eigenvalue weighted by Gasteiger charge is -2.08. The van der Waals surface area contributed by atoms with Gasteiger partial charge in [-0.25, -0.2) is 12.8 Å². The van der Waals surface area contributed by atoms with Crippen LogP contribution in [0.1, 0.15) is 16.8 Å². The van der Waals surface area contributed by atoms with Crippen molar-refractivity contribution >= 4 is 43.9 Å². The van der Waals surface area contributed by atoms with E-state index < -0.39 is 21.6 Å². The van der Waals surface area contributed by atoms with Crippen LogP contribution in [0.3, 0.4) is 0 Å². The first-order chi connectivity index (χ1) is 12.7. The Bertz CT molecular complexity index is 1270. The zero-order valence-corrected chi connectivity index (χ0v) is 15.6. The highest BCUT2D eigenvalue weighted by Gasteiger charge is 2.31. The number of rotatable bonds is 3. The predicted molar refractivity (Wildman–Crippen MR) is 100.0 cm³/mol. The number of halogens is 2. The van der Waals surface area contributed by atoms with Crippen molar-refractivity contribution in [3.8, 4) is 0 Å². The molecule has 0 fully saturated rings. The van der Waals surface area contributed by atoms with E-state index >= 15 is 0 Å². The zero-order chi connectivity index (χ0) is 19.5. The fraction of sp³-hybridized carbons (Fsp3) is 0.105. The van der Waals surface area contributed by atoms with Gasteiger partial charge in [-0.3, -0.25) is 4.79 Å². The number of aliphatic carboxylic acids is 1. The molecule has 0 aliphatic carbocycles. The van der Waals surface area contributed by atoms with Crippen LogP contribution < -0.4 is 0 Å². The number of carbonyl (C=O) groups is 1. The van der Waals surface area contributed by atoms with Crippen LogP contribution >= 0.6 is 11.6 Å². The molecule has 0 spiro atoms. The molecule has 1 aliphatic heterocycles. The smallest absolute Gasteiger partial charge is 0.323 e. The van der Waals surface area contributed by atoms with Crippen LogP contribution in [0.25, 0.3) is 16.5 Å². The van der Waals surface area contributed by atoms with Crippen molar-refractivity contribution in [2.75, 3.05) is 0 Å². The molecule has 2 aromatic carbocycles. The van der Waals surface area contributed by atoms with E-state index in [1.165, 1.54) is 34.9 Å². The van der Waals surface area contributed by atoms with E-state index in [9.17, 15) is 22.7 Å². The number of carboxylic acids is 1. The maximum atomic E-state index is 13.9. The van der Waals surface area contributed by atoms with Crippen molar-refractivity contribution in [1.82, 2.24) is 4.57 Å². The molecule has 27 heavy (non-hydrogen) atoms. The van der Waals surface area contributed by atoms with E-state index in [0.29, 0.717) is 38.3 Å². The lowest BCUT2D eigenvalue weighted by Crippen LogP contribution is -2.10. The Morgan fingerprint density at radius 2 is 1.96 bits per heavy atom. The van der Waals surface area contributed by atoms with E-state index in [2.05, 4.69) is 0 Å². The van der Waals surface area contributed by atoms with Gasteiger partial charge in [0.15, 0.2) is 0 Å². The van der Waals surface area contributed by atoms with Crippen LogP contribution in [0.5, 0.6) is 0 Å². The second-order valence-corrected chi connectivity index (χ2v) is 8.52. The quantitative estimate of drug-likeness (QED) is 0.714. The number of fused-ring (bicyclic) bond motifs is 2. The van der Waals surface area contributed by atoms with Crippen LogP contribution in [0.2, 0.25) is 5.02 Å². The molecule has 0 atom stereocenters. The summed E-state index contributed by atoms with van der Waals surface area (Å²) in [6.45, 7) is 1.36. The third-order valence-corrected chi connectivity index (χ3v) is 6.41. The third-order valence-electron chi connectivity index (χ3n) is 4.66. The summed E-state index contributed by atoms with van der Waals surface area (Å²) in [5.41, 5.74) is 2.33. The van der Waals surface area contributed by atoms with Gasteiger partial charge in [0, 0.05) is 43.7 Å². The zero-order valence-electron chi connectivity index (χ0n) is 14.0. The molecular weight excluding hydrogens is 393 g/mol. The molecule has 0 bridgehead atoms. The molecule has 5 nitrogen and oxygen atoms in total. The number of nitrogens with zero attached hydrogens (tertiary/aromatic N) is 1. The third kappa shape index (κ3) is 2.74. The standard InChI is InChI=1S/C19H13ClFNO4S/c1-10-19(14-7-12(21)3-4-16(14)22(10)8-18(23)24)15-9-27(25,26)17-5-2-11(20)6-13(15)17/h2-7,9H,8H2,1H3,(H,23,24). The Morgan fingerprint density at radius 1 is 1.22 bits per heavy atom. The van der Waals surface area contributed by atoms with Crippen molar-refractivity contribution in [3.63, 3.8) is 0 Å². The molecule has 0 saturated heterocycles. The summed E-state index contributed by atoms with van der Waals surface area (Å²) in [6.07, 6.45) is 0. The van der Waals surface area contributed by atoms with Crippen LogP contribution in [-0.4, -0.2) is 24.1 Å². The summed E-state index contributed by atoms with van der Waals surface area (Å²) < 4.78 is 40.6. The van der Waals surface area contributed by atoms with Crippen molar-refractivity contribution in [2.45, 2.75) is 18.4 Å². The van der Waals surface area contributed by atoms with Crippen molar-refractivity contribution < 1.29 is 22.7 Å². The molecule has 0 saturated carbocycles. The topological polar surface area (TPSA) is 76.4 Å². The first-order valence-corrected chi connectivity index (χ1v) is 9.88. The molecule has 3 aromatic rings. The highest BCUT2D eigenvalue weighted by molar-refractivity contribution is 7.95. The van der Waals surface area contributed by atoms with Crippen molar-refractivity contribution in [3.05, 3.63) is 69.5 Å². The van der Waals surface area contributed by atoms with Gasteiger partial charge in [-0.15, -0.1) is 0 Å². The minimum absolute atomic E-state index is 0.122. The molecular formula is C19H13ClFNO4S. The van der Waals surface area contributed by atoms with Crippen molar-refractivity contribution in [2.24, 2.45) is 0 Å². The number of hydrogen-bond donors (Lipinski definition) is 1. The van der Waals surface area contributed by atoms with Gasteiger partial charge >= 0.3 is 5.97 Å². The average Bonchev–Trinajstić information content (AvgIpc) is 2.98. The van der Waals surface area contributed by atoms with Gasteiger partial charge in [-0.05, 0) is 43.3 Å². The molecule has 2 heterocycles. The minimum Gasteiger partial charge on any atom is -0.480 e. The highest BCUT2D eigenvalue weighted by atomic mass is 35.5. The maximum Gasteiger partial charge on any atom is 0.323 e. The van der Waals surface area contributed by atoms with Gasteiger partial charge in [-0.2, -0.15) is 0 Å². The Hall–Kier alpha value is -2.64. The van der Waals surface area contributed by atoms with Crippen LogP contribution in [0, 0.1) is 12.7 Å². The Morgan fingerprint density at radius 3 is 2.67 bits per heavy atom. The van der Waals surface area contributed by atoms with Crippen molar-refractivity contribution in [1.29, 1.82) is 0 Å². The minimum atomic E-state index is -3.67.